The summed E-state index contributed by atoms with van der Waals surface area (Å²) in [6.45, 7) is 0. The Labute approximate surface area is 183 Å². The molecule has 0 bridgehead atoms. The molecule has 2 unspecified atom stereocenters. The smallest absolute Gasteiger partial charge is 0.335 e. The Morgan fingerprint density at radius 2 is 1.58 bits per heavy atom. The molecule has 3 aromatic rings. The molecule has 0 amide bonds. The minimum Gasteiger partial charge on any atom is -0.478 e. The van der Waals surface area contributed by atoms with E-state index in [-0.39, 0.29) is 5.56 Å². The van der Waals surface area contributed by atoms with E-state index in [9.17, 15) is 25.2 Å². The minimum atomic E-state index is -1.56. The van der Waals surface area contributed by atoms with Crippen molar-refractivity contribution in [1.82, 2.24) is 0 Å². The Morgan fingerprint density at radius 3 is 2.16 bits per heavy atom. The molecule has 1 aliphatic rings. The molecule has 0 radical (unpaired) electrons. The molecule has 1 heterocycles. The number of hydrogen-bond donors (Lipinski definition) is 4. The Kier molecular flexibility index (Phi) is 6.09. The van der Waals surface area contributed by atoms with Crippen LogP contribution in [0.1, 0.15) is 27.4 Å². The number of carbonyl (C=O) groups is 1. The van der Waals surface area contributed by atoms with Crippen molar-refractivity contribution < 1.29 is 30.0 Å². The highest BCUT2D eigenvalue weighted by Crippen LogP contribution is 2.41. The fraction of sp³-hybridized carbons (Fsp3) is 0.208. The first-order valence-electron chi connectivity index (χ1n) is 9.74. The van der Waals surface area contributed by atoms with Crippen molar-refractivity contribution in [2.75, 3.05) is 0 Å². The van der Waals surface area contributed by atoms with Crippen LogP contribution in [0.4, 0.5) is 0 Å². The summed E-state index contributed by atoms with van der Waals surface area (Å²) >= 11 is 6.05. The average Bonchev–Trinajstić information content (AvgIpc) is 3.03. The van der Waals surface area contributed by atoms with Crippen LogP contribution in [0, 0.1) is 0 Å². The molecule has 0 aromatic heterocycles. The van der Waals surface area contributed by atoms with Crippen molar-refractivity contribution in [3.05, 3.63) is 94.5 Å². The van der Waals surface area contributed by atoms with Crippen LogP contribution in [0.25, 0.3) is 11.1 Å². The Balaban J connectivity index is 1.95. The summed E-state index contributed by atoms with van der Waals surface area (Å²) in [6.07, 6.45) is -5.44. The van der Waals surface area contributed by atoms with Gasteiger partial charge < -0.3 is 25.2 Å². The van der Waals surface area contributed by atoms with Crippen LogP contribution < -0.4 is 0 Å². The van der Waals surface area contributed by atoms with Crippen molar-refractivity contribution in [3.63, 3.8) is 0 Å². The van der Waals surface area contributed by atoms with Gasteiger partial charge in [-0.2, -0.15) is 0 Å². The van der Waals surface area contributed by atoms with E-state index < -0.39 is 36.5 Å². The van der Waals surface area contributed by atoms with Crippen molar-refractivity contribution in [2.24, 2.45) is 0 Å². The van der Waals surface area contributed by atoms with E-state index in [1.54, 1.807) is 30.3 Å². The lowest BCUT2D eigenvalue weighted by Crippen LogP contribution is -2.35. The molecule has 6 nitrogen and oxygen atoms in total. The van der Waals surface area contributed by atoms with E-state index >= 15 is 0 Å². The number of halogens is 1. The lowest BCUT2D eigenvalue weighted by molar-refractivity contribution is -0.129. The van der Waals surface area contributed by atoms with Gasteiger partial charge in [0.1, 0.15) is 18.3 Å². The second-order valence-electron chi connectivity index (χ2n) is 7.47. The van der Waals surface area contributed by atoms with Gasteiger partial charge in [-0.15, -0.1) is 0 Å². The van der Waals surface area contributed by atoms with Gasteiger partial charge in [-0.1, -0.05) is 60.1 Å². The van der Waals surface area contributed by atoms with E-state index in [1.807, 2.05) is 30.3 Å². The largest absolute Gasteiger partial charge is 0.478 e. The molecule has 1 saturated heterocycles. The van der Waals surface area contributed by atoms with Crippen molar-refractivity contribution >= 4 is 17.6 Å². The van der Waals surface area contributed by atoms with E-state index in [0.29, 0.717) is 16.1 Å². The van der Waals surface area contributed by atoms with Gasteiger partial charge in [0.15, 0.2) is 6.29 Å². The Bertz CT molecular complexity index is 1070. The third kappa shape index (κ3) is 4.21. The molecule has 7 heteroatoms. The molecule has 0 spiro atoms. The number of aliphatic hydroxyl groups is 3. The number of ether oxygens (including phenoxy) is 1. The molecule has 1 fully saturated rings. The molecule has 5 atom stereocenters. The van der Waals surface area contributed by atoms with Crippen molar-refractivity contribution in [1.29, 1.82) is 0 Å². The van der Waals surface area contributed by atoms with Gasteiger partial charge in [0.2, 0.25) is 0 Å². The molecular weight excluding hydrogens is 420 g/mol. The van der Waals surface area contributed by atoms with Crippen LogP contribution in [0.15, 0.2) is 72.8 Å². The van der Waals surface area contributed by atoms with Crippen LogP contribution in [0.3, 0.4) is 0 Å². The quantitative estimate of drug-likeness (QED) is 0.485. The van der Waals surface area contributed by atoms with E-state index in [4.69, 9.17) is 16.3 Å². The lowest BCUT2D eigenvalue weighted by atomic mass is 9.80. The molecular formula is C24H21ClO6. The Hall–Kier alpha value is -2.74. The van der Waals surface area contributed by atoms with E-state index in [0.717, 1.165) is 11.1 Å². The number of carboxylic acids is 1. The summed E-state index contributed by atoms with van der Waals surface area (Å²) in [5.41, 5.74) is 2.94. The van der Waals surface area contributed by atoms with Gasteiger partial charge in [-0.05, 0) is 46.5 Å². The van der Waals surface area contributed by atoms with Crippen LogP contribution in [-0.2, 0) is 4.74 Å². The minimum absolute atomic E-state index is 0.0715. The maximum atomic E-state index is 11.7. The summed E-state index contributed by atoms with van der Waals surface area (Å²) < 4.78 is 5.55. The van der Waals surface area contributed by atoms with Gasteiger partial charge >= 0.3 is 5.97 Å². The molecule has 160 valence electrons. The maximum Gasteiger partial charge on any atom is 0.335 e. The number of aliphatic hydroxyl groups excluding tert-OH is 3. The topological polar surface area (TPSA) is 107 Å². The van der Waals surface area contributed by atoms with Gasteiger partial charge in [0.05, 0.1) is 5.56 Å². The van der Waals surface area contributed by atoms with Crippen LogP contribution >= 0.6 is 11.6 Å². The fourth-order valence-corrected chi connectivity index (χ4v) is 4.14. The fourth-order valence-electron chi connectivity index (χ4n) is 4.01. The van der Waals surface area contributed by atoms with E-state index in [1.165, 1.54) is 12.1 Å². The number of rotatable bonds is 5. The number of benzene rings is 3. The van der Waals surface area contributed by atoms with Crippen LogP contribution in [0.5, 0.6) is 0 Å². The normalized spacial score (nSPS) is 24.1. The van der Waals surface area contributed by atoms with Gasteiger partial charge in [-0.25, -0.2) is 4.79 Å². The zero-order valence-corrected chi connectivity index (χ0v) is 17.1. The molecule has 3 aromatic carbocycles. The zero-order chi connectivity index (χ0) is 22.1. The zero-order valence-electron chi connectivity index (χ0n) is 16.3. The molecule has 0 saturated carbocycles. The number of carboxylic acid groups (broad SMARTS) is 1. The highest BCUT2D eigenvalue weighted by molar-refractivity contribution is 6.30. The third-order valence-corrected chi connectivity index (χ3v) is 5.80. The molecule has 31 heavy (non-hydrogen) atoms. The summed E-state index contributed by atoms with van der Waals surface area (Å²) in [5, 5.41) is 40.9. The Morgan fingerprint density at radius 1 is 0.903 bits per heavy atom. The van der Waals surface area contributed by atoms with Gasteiger partial charge in [0, 0.05) is 10.9 Å². The van der Waals surface area contributed by atoms with Gasteiger partial charge in [0.25, 0.3) is 0 Å². The summed E-state index contributed by atoms with van der Waals surface area (Å²) in [5.74, 6) is -1.78. The predicted octanol–water partition coefficient (Wildman–Crippen LogP) is 3.28. The predicted molar refractivity (Wildman–Crippen MR) is 115 cm³/mol. The standard InChI is InChI=1S/C24H21ClO6/c25-16-9-6-14(7-10-16)19(22-20(26)21(27)24(30)31-22)18-12-15(23(28)29)8-11-17(18)13-4-2-1-3-5-13/h1-12,19-22,24,26-27,30H,(H,28,29)/t19?,20-,21+,22-,24?/m0/s1. The first-order chi connectivity index (χ1) is 14.9. The van der Waals surface area contributed by atoms with Crippen LogP contribution in [0.2, 0.25) is 5.02 Å². The maximum absolute atomic E-state index is 11.7. The number of hydrogen-bond acceptors (Lipinski definition) is 5. The average molecular weight is 441 g/mol. The number of aromatic carboxylic acids is 1. The molecule has 1 aliphatic heterocycles. The van der Waals surface area contributed by atoms with Crippen molar-refractivity contribution in [2.45, 2.75) is 30.5 Å². The lowest BCUT2D eigenvalue weighted by Gasteiger charge is -2.29. The van der Waals surface area contributed by atoms with Crippen molar-refractivity contribution in [3.8, 4) is 11.1 Å². The third-order valence-electron chi connectivity index (χ3n) is 5.55. The highest BCUT2D eigenvalue weighted by atomic mass is 35.5. The van der Waals surface area contributed by atoms with Crippen LogP contribution in [-0.4, -0.2) is 51.0 Å². The molecule has 4 N–H and O–H groups in total. The first kappa shape index (κ1) is 21.5. The second kappa shape index (κ2) is 8.78. The summed E-state index contributed by atoms with van der Waals surface area (Å²) in [4.78, 5) is 11.7. The second-order valence-corrected chi connectivity index (χ2v) is 7.91. The van der Waals surface area contributed by atoms with Gasteiger partial charge in [-0.3, -0.25) is 0 Å². The highest BCUT2D eigenvalue weighted by Gasteiger charge is 2.47. The SMILES string of the molecule is O=C(O)c1ccc(-c2ccccc2)c(C(c2ccc(Cl)cc2)[C@@H]2OC(O)[C@H](O)[C@@H]2O)c1. The summed E-state index contributed by atoms with van der Waals surface area (Å²) in [7, 11) is 0. The summed E-state index contributed by atoms with van der Waals surface area (Å²) in [6, 6.07) is 21.0. The molecule has 0 aliphatic carbocycles. The van der Waals surface area contributed by atoms with E-state index in [2.05, 4.69) is 0 Å². The monoisotopic (exact) mass is 440 g/mol. The molecule has 4 rings (SSSR count). The first-order valence-corrected chi connectivity index (χ1v) is 10.1.